The van der Waals surface area contributed by atoms with Crippen molar-refractivity contribution in [2.75, 3.05) is 0 Å². The van der Waals surface area contributed by atoms with Crippen LogP contribution in [0.4, 0.5) is 5.69 Å². The van der Waals surface area contributed by atoms with Crippen molar-refractivity contribution in [1.82, 2.24) is 4.57 Å². The van der Waals surface area contributed by atoms with Gasteiger partial charge < -0.3 is 9.67 Å². The summed E-state index contributed by atoms with van der Waals surface area (Å²) in [6, 6.07) is 7.11. The number of aryl methyl sites for hydroxylation is 1. The zero-order chi connectivity index (χ0) is 17.3. The van der Waals surface area contributed by atoms with E-state index in [0.29, 0.717) is 29.1 Å². The van der Waals surface area contributed by atoms with Crippen LogP contribution in [0.2, 0.25) is 0 Å². The summed E-state index contributed by atoms with van der Waals surface area (Å²) in [6.07, 6.45) is 1.38. The fourth-order valence-electron chi connectivity index (χ4n) is 2.68. The highest BCUT2D eigenvalue weighted by atomic mass is 16.3. The number of benzene rings is 1. The van der Waals surface area contributed by atoms with Crippen LogP contribution in [0.15, 0.2) is 49.5 Å². The Morgan fingerprint density at radius 1 is 1.25 bits per heavy atom. The summed E-state index contributed by atoms with van der Waals surface area (Å²) in [5, 5.41) is 26.9. The number of nitrogens with zero attached hydrogens (tertiary/aromatic N) is 5. The molecule has 0 unspecified atom stereocenters. The van der Waals surface area contributed by atoms with Gasteiger partial charge in [-0.1, -0.05) is 26.0 Å². The van der Waals surface area contributed by atoms with Gasteiger partial charge in [-0.05, 0) is 24.5 Å². The van der Waals surface area contributed by atoms with Gasteiger partial charge in [0.1, 0.15) is 0 Å². The van der Waals surface area contributed by atoms with Crippen LogP contribution in [0.25, 0.3) is 10.9 Å². The number of hydrogen-bond acceptors (Lipinski definition) is 6. The Morgan fingerprint density at radius 3 is 2.75 bits per heavy atom. The van der Waals surface area contributed by atoms with Crippen molar-refractivity contribution < 1.29 is 5.11 Å². The lowest BCUT2D eigenvalue weighted by molar-refractivity contribution is 0.480. The third kappa shape index (κ3) is 2.97. The quantitative estimate of drug-likeness (QED) is 0.874. The highest BCUT2D eigenvalue weighted by Gasteiger charge is 2.16. The van der Waals surface area contributed by atoms with E-state index in [1.165, 1.54) is 4.57 Å². The van der Waals surface area contributed by atoms with Crippen LogP contribution in [0.5, 0.6) is 5.75 Å². The Labute approximate surface area is 139 Å². The first-order valence-electron chi connectivity index (χ1n) is 7.82. The Balaban J connectivity index is 1.91. The normalized spacial score (nSPS) is 14.7. The van der Waals surface area contributed by atoms with Gasteiger partial charge in [0.15, 0.2) is 17.3 Å². The predicted molar refractivity (Wildman–Crippen MR) is 94.3 cm³/mol. The van der Waals surface area contributed by atoms with E-state index in [-0.39, 0.29) is 11.4 Å². The molecule has 1 aromatic carbocycles. The number of azo groups is 1. The highest BCUT2D eigenvalue weighted by molar-refractivity contribution is 6.06. The second kappa shape index (κ2) is 6.35. The topological polar surface area (TPSA) is 91.7 Å². The van der Waals surface area contributed by atoms with Crippen molar-refractivity contribution in [3.05, 3.63) is 34.6 Å². The summed E-state index contributed by atoms with van der Waals surface area (Å²) in [4.78, 5) is 12.4. The molecule has 0 saturated heterocycles. The third-order valence-electron chi connectivity index (χ3n) is 3.83. The molecule has 0 spiro atoms. The van der Waals surface area contributed by atoms with Gasteiger partial charge in [0.05, 0.1) is 11.9 Å². The molecule has 3 rings (SSSR count). The summed E-state index contributed by atoms with van der Waals surface area (Å²) in [7, 11) is 1.64. The van der Waals surface area contributed by atoms with Crippen LogP contribution < -0.4 is 5.56 Å². The van der Waals surface area contributed by atoms with Gasteiger partial charge in [0.25, 0.3) is 5.56 Å². The summed E-state index contributed by atoms with van der Waals surface area (Å²) >= 11 is 0. The molecule has 0 aliphatic carbocycles. The summed E-state index contributed by atoms with van der Waals surface area (Å²) in [5.74, 6) is 0.770. The minimum Gasteiger partial charge on any atom is -0.505 e. The number of rotatable bonds is 3. The van der Waals surface area contributed by atoms with E-state index in [1.54, 1.807) is 25.2 Å². The number of aromatic nitrogens is 1. The Bertz CT molecular complexity index is 938. The van der Waals surface area contributed by atoms with Crippen molar-refractivity contribution in [3.8, 4) is 5.75 Å². The maximum absolute atomic E-state index is 12.4. The lowest BCUT2D eigenvalue weighted by Crippen LogP contribution is -2.16. The minimum atomic E-state index is -0.406. The monoisotopic (exact) mass is 325 g/mol. The molecule has 7 heteroatoms. The molecule has 1 aliphatic rings. The average molecular weight is 325 g/mol. The maximum atomic E-state index is 12.4. The molecule has 0 amide bonds. The number of para-hydroxylation sites is 1. The van der Waals surface area contributed by atoms with E-state index in [0.717, 1.165) is 12.1 Å². The highest BCUT2D eigenvalue weighted by Crippen LogP contribution is 2.31. The van der Waals surface area contributed by atoms with E-state index >= 15 is 0 Å². The molecule has 2 aromatic rings. The molecule has 0 radical (unpaired) electrons. The van der Waals surface area contributed by atoms with Crippen LogP contribution in [-0.2, 0) is 7.05 Å². The van der Waals surface area contributed by atoms with Gasteiger partial charge in [0.2, 0.25) is 0 Å². The second-order valence-electron chi connectivity index (χ2n) is 6.24. The molecule has 24 heavy (non-hydrogen) atoms. The molecule has 1 N–H and O–H groups in total. The van der Waals surface area contributed by atoms with Crippen LogP contribution in [0.1, 0.15) is 26.7 Å². The van der Waals surface area contributed by atoms with Gasteiger partial charge in [0, 0.05) is 18.1 Å². The van der Waals surface area contributed by atoms with Crippen LogP contribution in [-0.4, -0.2) is 21.2 Å². The van der Waals surface area contributed by atoms with Crippen LogP contribution in [0, 0.1) is 5.92 Å². The zero-order valence-corrected chi connectivity index (χ0v) is 13.9. The van der Waals surface area contributed by atoms with Crippen molar-refractivity contribution in [3.63, 3.8) is 0 Å². The SMILES string of the molecule is CC(C)CC1=NN=C(N=Nc2c(O)c3ccccc3n(C)c2=O)C1. The smallest absolute Gasteiger partial charge is 0.282 e. The van der Waals surface area contributed by atoms with Gasteiger partial charge in [-0.3, -0.25) is 4.79 Å². The molecular weight excluding hydrogens is 306 g/mol. The predicted octanol–water partition coefficient (Wildman–Crippen LogP) is 3.53. The fraction of sp³-hybridized carbons (Fsp3) is 0.353. The molecule has 7 nitrogen and oxygen atoms in total. The third-order valence-corrected chi connectivity index (χ3v) is 3.83. The summed E-state index contributed by atoms with van der Waals surface area (Å²) in [6.45, 7) is 4.22. The molecule has 0 fully saturated rings. The van der Waals surface area contributed by atoms with Crippen LogP contribution >= 0.6 is 0 Å². The van der Waals surface area contributed by atoms with Crippen molar-refractivity contribution in [2.24, 2.45) is 33.4 Å². The second-order valence-corrected chi connectivity index (χ2v) is 6.24. The lowest BCUT2D eigenvalue weighted by atomic mass is 10.0. The van der Waals surface area contributed by atoms with Gasteiger partial charge in [-0.15, -0.1) is 15.3 Å². The van der Waals surface area contributed by atoms with Crippen molar-refractivity contribution in [2.45, 2.75) is 26.7 Å². The largest absolute Gasteiger partial charge is 0.505 e. The van der Waals surface area contributed by atoms with Crippen molar-refractivity contribution in [1.29, 1.82) is 0 Å². The number of amidine groups is 1. The van der Waals surface area contributed by atoms with E-state index < -0.39 is 5.56 Å². The lowest BCUT2D eigenvalue weighted by Gasteiger charge is -2.08. The number of fused-ring (bicyclic) bond motifs is 1. The summed E-state index contributed by atoms with van der Waals surface area (Å²) < 4.78 is 1.44. The molecule has 0 bridgehead atoms. The van der Waals surface area contributed by atoms with Crippen LogP contribution in [0.3, 0.4) is 0 Å². The molecule has 0 atom stereocenters. The standard InChI is InChI=1S/C17H19N5O2/c1-10(2)8-11-9-14(19-18-11)20-21-15-16(23)12-6-4-5-7-13(12)22(3)17(15)24/h4-7,10,23H,8-9H2,1-3H3. The maximum Gasteiger partial charge on any atom is 0.282 e. The first-order chi connectivity index (χ1) is 11.5. The molecule has 1 aromatic heterocycles. The number of aromatic hydroxyl groups is 1. The molecule has 0 saturated carbocycles. The Kier molecular flexibility index (Phi) is 4.24. The summed E-state index contributed by atoms with van der Waals surface area (Å²) in [5.41, 5.74) is 1.10. The van der Waals surface area contributed by atoms with E-state index in [1.807, 2.05) is 6.07 Å². The first kappa shape index (κ1) is 16.0. The first-order valence-corrected chi connectivity index (χ1v) is 7.82. The van der Waals surface area contributed by atoms with Gasteiger partial charge in [-0.25, -0.2) is 0 Å². The van der Waals surface area contributed by atoms with Gasteiger partial charge in [-0.2, -0.15) is 5.10 Å². The Morgan fingerprint density at radius 2 is 2.00 bits per heavy atom. The molecule has 124 valence electrons. The average Bonchev–Trinajstić information content (AvgIpc) is 2.99. The number of hydrogen-bond donors (Lipinski definition) is 1. The Hall–Kier alpha value is -2.83. The fourth-order valence-corrected chi connectivity index (χ4v) is 2.68. The minimum absolute atomic E-state index is 0.0868. The number of pyridine rings is 1. The molecule has 1 aliphatic heterocycles. The molecular formula is C17H19N5O2. The van der Waals surface area contributed by atoms with E-state index in [4.69, 9.17) is 0 Å². The van der Waals surface area contributed by atoms with Gasteiger partial charge >= 0.3 is 0 Å². The van der Waals surface area contributed by atoms with Crippen molar-refractivity contribution >= 4 is 28.1 Å². The zero-order valence-electron chi connectivity index (χ0n) is 13.9. The van der Waals surface area contributed by atoms with E-state index in [9.17, 15) is 9.90 Å². The molecule has 2 heterocycles. The van der Waals surface area contributed by atoms with E-state index in [2.05, 4.69) is 34.3 Å².